The Labute approximate surface area is 85.9 Å². The predicted octanol–water partition coefficient (Wildman–Crippen LogP) is -0.612. The van der Waals surface area contributed by atoms with Gasteiger partial charge >= 0.3 is 0 Å². The van der Waals surface area contributed by atoms with Crippen LogP contribution in [0.25, 0.3) is 5.82 Å². The topological polar surface area (TPSA) is 78.7 Å². The highest BCUT2D eigenvalue weighted by Gasteiger charge is 2.01. The zero-order valence-corrected chi connectivity index (χ0v) is 8.08. The maximum absolute atomic E-state index is 11.3. The Hall–Kier alpha value is -1.95. The first-order valence-electron chi connectivity index (χ1n) is 4.59. The molecular weight excluding hydrogens is 194 g/mol. The van der Waals surface area contributed by atoms with E-state index < -0.39 is 0 Å². The van der Waals surface area contributed by atoms with Gasteiger partial charge in [0, 0.05) is 25.0 Å². The quantitative estimate of drug-likeness (QED) is 0.724. The smallest absolute Gasteiger partial charge is 0.266 e. The monoisotopic (exact) mass is 205 g/mol. The molecule has 6 nitrogen and oxygen atoms in total. The highest BCUT2D eigenvalue weighted by Crippen LogP contribution is 1.97. The molecule has 0 atom stereocenters. The number of aromatic nitrogens is 4. The summed E-state index contributed by atoms with van der Waals surface area (Å²) >= 11 is 0. The number of nitrogens with two attached hydrogens (primary N) is 1. The van der Waals surface area contributed by atoms with Crippen LogP contribution in [-0.4, -0.2) is 26.1 Å². The fourth-order valence-corrected chi connectivity index (χ4v) is 1.25. The summed E-state index contributed by atoms with van der Waals surface area (Å²) in [7, 11) is 0. The highest BCUT2D eigenvalue weighted by molar-refractivity contribution is 5.17. The van der Waals surface area contributed by atoms with Crippen LogP contribution >= 0.6 is 0 Å². The molecule has 2 aromatic heterocycles. The minimum Gasteiger partial charge on any atom is -0.329 e. The molecule has 2 heterocycles. The Morgan fingerprint density at radius 1 is 1.40 bits per heavy atom. The molecule has 2 aromatic rings. The Morgan fingerprint density at radius 3 is 2.93 bits per heavy atom. The third-order valence-corrected chi connectivity index (χ3v) is 1.93. The lowest BCUT2D eigenvalue weighted by Gasteiger charge is -2.04. The molecular formula is C9H11N5O. The van der Waals surface area contributed by atoms with Crippen LogP contribution in [0.2, 0.25) is 0 Å². The molecule has 0 aliphatic heterocycles. The summed E-state index contributed by atoms with van der Waals surface area (Å²) in [5, 5.41) is 8.15. The maximum Gasteiger partial charge on any atom is 0.266 e. The second-order valence-electron chi connectivity index (χ2n) is 2.99. The third kappa shape index (κ3) is 1.94. The van der Waals surface area contributed by atoms with Crippen LogP contribution in [0.15, 0.2) is 35.4 Å². The van der Waals surface area contributed by atoms with Crippen molar-refractivity contribution in [1.82, 2.24) is 19.6 Å². The van der Waals surface area contributed by atoms with Crippen LogP contribution < -0.4 is 11.3 Å². The first-order chi connectivity index (χ1) is 7.31. The first kappa shape index (κ1) is 9.60. The fraction of sp³-hybridized carbons (Fsp3) is 0.222. The SMILES string of the molecule is NCCn1nc(-n2cccn2)ccc1=O. The summed E-state index contributed by atoms with van der Waals surface area (Å²) in [6.07, 6.45) is 3.42. The van der Waals surface area contributed by atoms with Gasteiger partial charge in [0.25, 0.3) is 5.56 Å². The molecule has 0 aliphatic rings. The second kappa shape index (κ2) is 4.05. The van der Waals surface area contributed by atoms with Crippen LogP contribution in [0, 0.1) is 0 Å². The predicted molar refractivity (Wildman–Crippen MR) is 54.7 cm³/mol. The highest BCUT2D eigenvalue weighted by atomic mass is 16.1. The summed E-state index contributed by atoms with van der Waals surface area (Å²) in [4.78, 5) is 11.3. The molecule has 0 saturated carbocycles. The molecule has 0 unspecified atom stereocenters. The van der Waals surface area contributed by atoms with Gasteiger partial charge < -0.3 is 5.73 Å². The average molecular weight is 205 g/mol. The van der Waals surface area contributed by atoms with Crippen molar-refractivity contribution in [1.29, 1.82) is 0 Å². The molecule has 0 radical (unpaired) electrons. The van der Waals surface area contributed by atoms with Crippen molar-refractivity contribution in [2.45, 2.75) is 6.54 Å². The van der Waals surface area contributed by atoms with Gasteiger partial charge in [0.2, 0.25) is 0 Å². The molecule has 0 spiro atoms. The van der Waals surface area contributed by atoms with E-state index in [4.69, 9.17) is 5.73 Å². The normalized spacial score (nSPS) is 10.5. The fourth-order valence-electron chi connectivity index (χ4n) is 1.25. The van der Waals surface area contributed by atoms with Crippen molar-refractivity contribution in [3.05, 3.63) is 40.9 Å². The van der Waals surface area contributed by atoms with Crippen LogP contribution in [-0.2, 0) is 6.54 Å². The summed E-state index contributed by atoms with van der Waals surface area (Å²) in [6, 6.07) is 4.88. The summed E-state index contributed by atoms with van der Waals surface area (Å²) in [6.45, 7) is 0.795. The van der Waals surface area contributed by atoms with Crippen LogP contribution in [0.3, 0.4) is 0 Å². The molecule has 2 rings (SSSR count). The summed E-state index contributed by atoms with van der Waals surface area (Å²) in [5.41, 5.74) is 5.22. The maximum atomic E-state index is 11.3. The lowest BCUT2D eigenvalue weighted by Crippen LogP contribution is -2.26. The van der Waals surface area contributed by atoms with Crippen LogP contribution in [0.5, 0.6) is 0 Å². The van der Waals surface area contributed by atoms with Gasteiger partial charge in [-0.2, -0.15) is 5.10 Å². The van der Waals surface area contributed by atoms with Crippen LogP contribution in [0.4, 0.5) is 0 Å². The van der Waals surface area contributed by atoms with Gasteiger partial charge in [0.05, 0.1) is 6.54 Å². The standard InChI is InChI=1S/C9H11N5O/c10-4-7-14-9(15)3-2-8(12-14)13-6-1-5-11-13/h1-3,5-6H,4,7,10H2. The van der Waals surface area contributed by atoms with E-state index in [1.807, 2.05) is 0 Å². The largest absolute Gasteiger partial charge is 0.329 e. The Kier molecular flexibility index (Phi) is 2.59. The first-order valence-corrected chi connectivity index (χ1v) is 4.59. The van der Waals surface area contributed by atoms with Gasteiger partial charge in [-0.05, 0) is 12.1 Å². The van der Waals surface area contributed by atoms with Crippen molar-refractivity contribution < 1.29 is 0 Å². The molecule has 0 saturated heterocycles. The van der Waals surface area contributed by atoms with Gasteiger partial charge in [0.1, 0.15) is 0 Å². The molecule has 0 aliphatic carbocycles. The van der Waals surface area contributed by atoms with Crippen LogP contribution in [0.1, 0.15) is 0 Å². The van der Waals surface area contributed by atoms with Gasteiger partial charge in [0.15, 0.2) is 5.82 Å². The Balaban J connectivity index is 2.43. The molecule has 0 bridgehead atoms. The van der Waals surface area contributed by atoms with Crippen molar-refractivity contribution in [3.8, 4) is 5.82 Å². The molecule has 0 aromatic carbocycles. The molecule has 6 heteroatoms. The average Bonchev–Trinajstić information content (AvgIpc) is 2.75. The molecule has 2 N–H and O–H groups in total. The number of hydrogen-bond donors (Lipinski definition) is 1. The van der Waals surface area contributed by atoms with E-state index in [-0.39, 0.29) is 5.56 Å². The van der Waals surface area contributed by atoms with Gasteiger partial charge in [-0.1, -0.05) is 0 Å². The van der Waals surface area contributed by atoms with E-state index >= 15 is 0 Å². The van der Waals surface area contributed by atoms with Gasteiger partial charge in [-0.3, -0.25) is 4.79 Å². The van der Waals surface area contributed by atoms with Gasteiger partial charge in [-0.25, -0.2) is 9.36 Å². The lowest BCUT2D eigenvalue weighted by molar-refractivity contribution is 0.574. The van der Waals surface area contributed by atoms with Crippen molar-refractivity contribution in [2.24, 2.45) is 5.73 Å². The summed E-state index contributed by atoms with van der Waals surface area (Å²) in [5.74, 6) is 0.605. The van der Waals surface area contributed by atoms with E-state index in [1.54, 1.807) is 29.2 Å². The number of hydrogen-bond acceptors (Lipinski definition) is 4. The van der Waals surface area contributed by atoms with Crippen molar-refractivity contribution >= 4 is 0 Å². The lowest BCUT2D eigenvalue weighted by atomic mass is 10.5. The number of rotatable bonds is 3. The molecule has 15 heavy (non-hydrogen) atoms. The van der Waals surface area contributed by atoms with E-state index in [0.717, 1.165) is 0 Å². The number of nitrogens with zero attached hydrogens (tertiary/aromatic N) is 4. The second-order valence-corrected chi connectivity index (χ2v) is 2.99. The third-order valence-electron chi connectivity index (χ3n) is 1.93. The minimum absolute atomic E-state index is 0.156. The summed E-state index contributed by atoms with van der Waals surface area (Å²) < 4.78 is 2.92. The van der Waals surface area contributed by atoms with E-state index in [1.165, 1.54) is 10.7 Å². The Bertz CT molecular complexity index is 487. The molecule has 0 fully saturated rings. The van der Waals surface area contributed by atoms with E-state index in [9.17, 15) is 4.79 Å². The minimum atomic E-state index is -0.156. The van der Waals surface area contributed by atoms with Gasteiger partial charge in [-0.15, -0.1) is 5.10 Å². The van der Waals surface area contributed by atoms with E-state index in [0.29, 0.717) is 18.9 Å². The zero-order valence-electron chi connectivity index (χ0n) is 8.08. The Morgan fingerprint density at radius 2 is 2.27 bits per heavy atom. The van der Waals surface area contributed by atoms with E-state index in [2.05, 4.69) is 10.2 Å². The van der Waals surface area contributed by atoms with Crippen molar-refractivity contribution in [2.75, 3.05) is 6.54 Å². The molecule has 0 amide bonds. The zero-order chi connectivity index (χ0) is 10.7. The molecule has 78 valence electrons. The van der Waals surface area contributed by atoms with Crippen molar-refractivity contribution in [3.63, 3.8) is 0 Å².